The quantitative estimate of drug-likeness (QED) is 0.689. The van der Waals surface area contributed by atoms with Gasteiger partial charge in [0, 0.05) is 17.9 Å². The van der Waals surface area contributed by atoms with Gasteiger partial charge in [-0.25, -0.2) is 0 Å². The van der Waals surface area contributed by atoms with Crippen LogP contribution in [0.2, 0.25) is 0 Å². The summed E-state index contributed by atoms with van der Waals surface area (Å²) in [6, 6.07) is 0.927. The summed E-state index contributed by atoms with van der Waals surface area (Å²) in [5.41, 5.74) is 0.622. The smallest absolute Gasteiger partial charge is 0.0100 e. The molecule has 2 saturated carbocycles. The molecular formula is C11H20BrN. The zero-order valence-electron chi connectivity index (χ0n) is 8.56. The van der Waals surface area contributed by atoms with E-state index in [1.54, 1.807) is 0 Å². The molecule has 0 aliphatic heterocycles. The standard InChI is InChI=1S/C11H20BrN/c1-13(10-4-5-10)9-11(8-12)6-2-3-7-11/h10H,2-9H2,1H3. The first-order valence-corrected chi connectivity index (χ1v) is 6.64. The number of nitrogens with zero attached hydrogens (tertiary/aromatic N) is 1. The topological polar surface area (TPSA) is 3.24 Å². The number of hydrogen-bond acceptors (Lipinski definition) is 1. The minimum Gasteiger partial charge on any atom is -0.303 e. The molecule has 2 rings (SSSR count). The van der Waals surface area contributed by atoms with Crippen LogP contribution in [0, 0.1) is 5.41 Å². The minimum absolute atomic E-state index is 0.622. The van der Waals surface area contributed by atoms with E-state index in [1.165, 1.54) is 50.4 Å². The zero-order chi connectivity index (χ0) is 9.31. The van der Waals surface area contributed by atoms with Gasteiger partial charge in [0.2, 0.25) is 0 Å². The maximum Gasteiger partial charge on any atom is 0.0100 e. The van der Waals surface area contributed by atoms with Crippen molar-refractivity contribution in [3.05, 3.63) is 0 Å². The first kappa shape index (κ1) is 9.97. The van der Waals surface area contributed by atoms with Gasteiger partial charge in [0.25, 0.3) is 0 Å². The molecule has 0 aromatic heterocycles. The first-order chi connectivity index (χ1) is 6.26. The van der Waals surface area contributed by atoms with Crippen LogP contribution in [-0.2, 0) is 0 Å². The molecule has 0 bridgehead atoms. The van der Waals surface area contributed by atoms with E-state index in [9.17, 15) is 0 Å². The highest BCUT2D eigenvalue weighted by Crippen LogP contribution is 2.41. The summed E-state index contributed by atoms with van der Waals surface area (Å²) in [5, 5.41) is 1.21. The Morgan fingerprint density at radius 3 is 2.38 bits per heavy atom. The molecule has 1 nitrogen and oxygen atoms in total. The Labute approximate surface area is 90.0 Å². The molecule has 2 heteroatoms. The van der Waals surface area contributed by atoms with Crippen molar-refractivity contribution in [3.8, 4) is 0 Å². The van der Waals surface area contributed by atoms with Gasteiger partial charge in [-0.15, -0.1) is 0 Å². The fourth-order valence-electron chi connectivity index (χ4n) is 2.63. The summed E-state index contributed by atoms with van der Waals surface area (Å²) in [6.07, 6.45) is 8.66. The third-order valence-corrected chi connectivity index (χ3v) is 4.89. The van der Waals surface area contributed by atoms with Gasteiger partial charge in [0.15, 0.2) is 0 Å². The second-order valence-electron chi connectivity index (χ2n) is 4.99. The van der Waals surface area contributed by atoms with Crippen LogP contribution in [-0.4, -0.2) is 29.9 Å². The molecule has 0 atom stereocenters. The van der Waals surface area contributed by atoms with Crippen LogP contribution in [0.4, 0.5) is 0 Å². The van der Waals surface area contributed by atoms with Crippen molar-refractivity contribution in [2.45, 2.75) is 44.6 Å². The normalized spacial score (nSPS) is 27.0. The lowest BCUT2D eigenvalue weighted by Crippen LogP contribution is -2.36. The predicted octanol–water partition coefficient (Wildman–Crippen LogP) is 3.04. The van der Waals surface area contributed by atoms with Gasteiger partial charge in [-0.2, -0.15) is 0 Å². The predicted molar refractivity (Wildman–Crippen MR) is 60.3 cm³/mol. The van der Waals surface area contributed by atoms with E-state index >= 15 is 0 Å². The summed E-state index contributed by atoms with van der Waals surface area (Å²) >= 11 is 3.70. The Kier molecular flexibility index (Phi) is 2.99. The molecular weight excluding hydrogens is 226 g/mol. The van der Waals surface area contributed by atoms with E-state index in [0.717, 1.165) is 6.04 Å². The molecule has 0 spiro atoms. The Bertz CT molecular complexity index is 171. The van der Waals surface area contributed by atoms with Crippen molar-refractivity contribution >= 4 is 15.9 Å². The first-order valence-electron chi connectivity index (χ1n) is 5.52. The van der Waals surface area contributed by atoms with E-state index < -0.39 is 0 Å². The Balaban J connectivity index is 1.88. The monoisotopic (exact) mass is 245 g/mol. The molecule has 0 aromatic carbocycles. The Morgan fingerprint density at radius 1 is 1.31 bits per heavy atom. The van der Waals surface area contributed by atoms with Gasteiger partial charge in [0.05, 0.1) is 0 Å². The molecule has 13 heavy (non-hydrogen) atoms. The molecule has 0 unspecified atom stereocenters. The average Bonchev–Trinajstić information content (AvgIpc) is 2.89. The molecule has 0 radical (unpaired) electrons. The Morgan fingerprint density at radius 2 is 1.92 bits per heavy atom. The third kappa shape index (κ3) is 2.27. The Hall–Kier alpha value is 0.440. The summed E-state index contributed by atoms with van der Waals surface area (Å²) < 4.78 is 0. The fourth-order valence-corrected chi connectivity index (χ4v) is 3.37. The number of halogens is 1. The van der Waals surface area contributed by atoms with Gasteiger partial charge < -0.3 is 4.90 Å². The van der Waals surface area contributed by atoms with E-state index in [1.807, 2.05) is 0 Å². The van der Waals surface area contributed by atoms with Crippen LogP contribution in [0.1, 0.15) is 38.5 Å². The molecule has 0 aromatic rings. The third-order valence-electron chi connectivity index (χ3n) is 3.70. The maximum absolute atomic E-state index is 3.70. The van der Waals surface area contributed by atoms with Gasteiger partial charge in [-0.1, -0.05) is 28.8 Å². The van der Waals surface area contributed by atoms with Gasteiger partial charge in [0.1, 0.15) is 0 Å². The van der Waals surface area contributed by atoms with Crippen molar-refractivity contribution in [1.29, 1.82) is 0 Å². The average molecular weight is 246 g/mol. The summed E-state index contributed by atoms with van der Waals surface area (Å²) in [4.78, 5) is 2.59. The van der Waals surface area contributed by atoms with Crippen molar-refractivity contribution in [1.82, 2.24) is 4.90 Å². The van der Waals surface area contributed by atoms with Crippen molar-refractivity contribution in [2.75, 3.05) is 18.9 Å². The number of hydrogen-bond donors (Lipinski definition) is 0. The SMILES string of the molecule is CN(CC1(CBr)CCCC1)C1CC1. The summed E-state index contributed by atoms with van der Waals surface area (Å²) in [7, 11) is 2.31. The van der Waals surface area contributed by atoms with E-state index in [2.05, 4.69) is 27.9 Å². The fraction of sp³-hybridized carbons (Fsp3) is 1.00. The molecule has 76 valence electrons. The van der Waals surface area contributed by atoms with Gasteiger partial charge >= 0.3 is 0 Å². The lowest BCUT2D eigenvalue weighted by atomic mass is 9.88. The van der Waals surface area contributed by atoms with Crippen LogP contribution in [0.5, 0.6) is 0 Å². The van der Waals surface area contributed by atoms with Gasteiger partial charge in [-0.05, 0) is 38.1 Å². The van der Waals surface area contributed by atoms with Crippen molar-refractivity contribution in [2.24, 2.45) is 5.41 Å². The highest BCUT2D eigenvalue weighted by atomic mass is 79.9. The molecule has 0 amide bonds. The van der Waals surface area contributed by atoms with E-state index in [0.29, 0.717) is 5.41 Å². The van der Waals surface area contributed by atoms with Crippen LogP contribution in [0.25, 0.3) is 0 Å². The lowest BCUT2D eigenvalue weighted by Gasteiger charge is -2.32. The molecule has 2 aliphatic carbocycles. The highest BCUT2D eigenvalue weighted by Gasteiger charge is 2.37. The van der Waals surface area contributed by atoms with Crippen LogP contribution < -0.4 is 0 Å². The molecule has 2 aliphatic rings. The summed E-state index contributed by atoms with van der Waals surface area (Å²) in [5.74, 6) is 0. The number of alkyl halides is 1. The second-order valence-corrected chi connectivity index (χ2v) is 5.55. The molecule has 0 heterocycles. The van der Waals surface area contributed by atoms with E-state index in [4.69, 9.17) is 0 Å². The van der Waals surface area contributed by atoms with E-state index in [-0.39, 0.29) is 0 Å². The maximum atomic E-state index is 3.70. The number of rotatable bonds is 4. The highest BCUT2D eigenvalue weighted by molar-refractivity contribution is 9.09. The summed E-state index contributed by atoms with van der Waals surface area (Å²) in [6.45, 7) is 1.32. The van der Waals surface area contributed by atoms with Crippen LogP contribution in [0.15, 0.2) is 0 Å². The van der Waals surface area contributed by atoms with Crippen molar-refractivity contribution < 1.29 is 0 Å². The minimum atomic E-state index is 0.622. The second kappa shape index (κ2) is 3.90. The largest absolute Gasteiger partial charge is 0.303 e. The molecule has 2 fully saturated rings. The molecule has 0 N–H and O–H groups in total. The van der Waals surface area contributed by atoms with Crippen LogP contribution in [0.3, 0.4) is 0 Å². The molecule has 0 saturated heterocycles. The van der Waals surface area contributed by atoms with Gasteiger partial charge in [-0.3, -0.25) is 0 Å². The van der Waals surface area contributed by atoms with Crippen LogP contribution >= 0.6 is 15.9 Å². The lowest BCUT2D eigenvalue weighted by molar-refractivity contribution is 0.195. The van der Waals surface area contributed by atoms with Crippen molar-refractivity contribution in [3.63, 3.8) is 0 Å². The zero-order valence-corrected chi connectivity index (χ0v) is 10.1.